The van der Waals surface area contributed by atoms with Crippen LogP contribution in [-0.2, 0) is 22.4 Å². The summed E-state index contributed by atoms with van der Waals surface area (Å²) in [5, 5.41) is 3.17. The van der Waals surface area contributed by atoms with E-state index in [1.54, 1.807) is 20.0 Å². The molecule has 8 heteroatoms. The van der Waals surface area contributed by atoms with Gasteiger partial charge in [-0.25, -0.2) is 14.8 Å². The molecule has 0 saturated carbocycles. The summed E-state index contributed by atoms with van der Waals surface area (Å²) in [5.41, 5.74) is 3.46. The molecule has 0 fully saturated rings. The van der Waals surface area contributed by atoms with Gasteiger partial charge in [-0.2, -0.15) is 0 Å². The topological polar surface area (TPSA) is 80.2 Å². The molecule has 0 unspecified atom stereocenters. The van der Waals surface area contributed by atoms with Crippen LogP contribution < -0.4 is 10.2 Å². The summed E-state index contributed by atoms with van der Waals surface area (Å²) in [6.45, 7) is 5.63. The lowest BCUT2D eigenvalue weighted by Gasteiger charge is -2.23. The summed E-state index contributed by atoms with van der Waals surface area (Å²) in [4.78, 5) is 28.2. The number of carbonyl (C=O) groups excluding carboxylic acids is 1. The molecule has 0 amide bonds. The highest BCUT2D eigenvalue weighted by molar-refractivity contribution is 5.85. The number of benzene rings is 1. The first-order chi connectivity index (χ1) is 15.1. The first kappa shape index (κ1) is 23.5. The fourth-order valence-electron chi connectivity index (χ4n) is 3.72. The van der Waals surface area contributed by atoms with Gasteiger partial charge in [-0.05, 0) is 49.9 Å². The SMILES string of the molecule is CCOC(=O)[C@H](C)Nc1cc(N2CCc3ccccc3CC2)nc(-c2ccccn2)n1.Cl. The molecule has 1 aromatic carbocycles. The van der Waals surface area contributed by atoms with E-state index in [-0.39, 0.29) is 18.4 Å². The summed E-state index contributed by atoms with van der Waals surface area (Å²) in [7, 11) is 0. The van der Waals surface area contributed by atoms with Crippen molar-refractivity contribution >= 4 is 30.0 Å². The average molecular weight is 454 g/mol. The van der Waals surface area contributed by atoms with Gasteiger partial charge >= 0.3 is 5.97 Å². The standard InChI is InChI=1S/C24H27N5O2.ClH/c1-3-31-24(30)17(2)26-21-16-22(28-23(27-21)20-10-6-7-13-25-20)29-14-11-18-8-4-5-9-19(18)12-15-29;/h4-10,13,16-17H,3,11-12,14-15H2,1-2H3,(H,26,27,28);1H/t17-;/m0./s1. The molecule has 1 atom stereocenters. The van der Waals surface area contributed by atoms with Crippen LogP contribution >= 0.6 is 12.4 Å². The lowest BCUT2D eigenvalue weighted by atomic mass is 10.0. The van der Waals surface area contributed by atoms with Crippen molar-refractivity contribution in [1.82, 2.24) is 15.0 Å². The van der Waals surface area contributed by atoms with Gasteiger partial charge in [0.15, 0.2) is 5.82 Å². The third kappa shape index (κ3) is 5.53. The molecule has 1 N–H and O–H groups in total. The highest BCUT2D eigenvalue weighted by Crippen LogP contribution is 2.25. The van der Waals surface area contributed by atoms with Crippen LogP contribution in [0.3, 0.4) is 0 Å². The fourth-order valence-corrected chi connectivity index (χ4v) is 3.72. The summed E-state index contributed by atoms with van der Waals surface area (Å²) in [6.07, 6.45) is 3.64. The number of hydrogen-bond donors (Lipinski definition) is 1. The molecule has 0 saturated heterocycles. The van der Waals surface area contributed by atoms with E-state index < -0.39 is 6.04 Å². The van der Waals surface area contributed by atoms with Crippen molar-refractivity contribution in [3.8, 4) is 11.5 Å². The second-order valence-electron chi connectivity index (χ2n) is 7.52. The van der Waals surface area contributed by atoms with Crippen LogP contribution in [-0.4, -0.2) is 46.7 Å². The first-order valence-electron chi connectivity index (χ1n) is 10.7. The van der Waals surface area contributed by atoms with E-state index in [1.165, 1.54) is 11.1 Å². The van der Waals surface area contributed by atoms with Crippen molar-refractivity contribution in [1.29, 1.82) is 0 Å². The molecular formula is C24H28ClN5O2. The second-order valence-corrected chi connectivity index (χ2v) is 7.52. The molecule has 0 radical (unpaired) electrons. The molecule has 0 bridgehead atoms. The fraction of sp³-hybridized carbons (Fsp3) is 0.333. The molecule has 32 heavy (non-hydrogen) atoms. The van der Waals surface area contributed by atoms with Crippen molar-refractivity contribution < 1.29 is 9.53 Å². The number of pyridine rings is 1. The Morgan fingerprint density at radius 3 is 2.41 bits per heavy atom. The van der Waals surface area contributed by atoms with E-state index in [9.17, 15) is 4.79 Å². The number of ether oxygens (including phenoxy) is 1. The number of anilines is 2. The molecule has 168 valence electrons. The zero-order valence-corrected chi connectivity index (χ0v) is 19.1. The number of nitrogens with zero attached hydrogens (tertiary/aromatic N) is 4. The Kier molecular flexibility index (Phi) is 8.00. The Morgan fingerprint density at radius 1 is 1.09 bits per heavy atom. The monoisotopic (exact) mass is 453 g/mol. The highest BCUT2D eigenvalue weighted by Gasteiger charge is 2.20. The number of fused-ring (bicyclic) bond motifs is 1. The molecule has 0 spiro atoms. The van der Waals surface area contributed by atoms with Gasteiger partial charge in [0, 0.05) is 25.4 Å². The van der Waals surface area contributed by atoms with E-state index >= 15 is 0 Å². The first-order valence-corrected chi connectivity index (χ1v) is 10.7. The van der Waals surface area contributed by atoms with Crippen molar-refractivity contribution in [2.75, 3.05) is 29.9 Å². The van der Waals surface area contributed by atoms with Gasteiger partial charge in [-0.15, -0.1) is 12.4 Å². The molecule has 3 aromatic rings. The predicted molar refractivity (Wildman–Crippen MR) is 128 cm³/mol. The van der Waals surface area contributed by atoms with Crippen LogP contribution in [0, 0.1) is 0 Å². The van der Waals surface area contributed by atoms with Gasteiger partial charge in [0.1, 0.15) is 23.4 Å². The Hall–Kier alpha value is -3.19. The van der Waals surface area contributed by atoms with E-state index in [0.717, 1.165) is 31.7 Å². The van der Waals surface area contributed by atoms with Crippen molar-refractivity contribution in [2.45, 2.75) is 32.7 Å². The van der Waals surface area contributed by atoms with Crippen molar-refractivity contribution in [3.05, 3.63) is 65.9 Å². The van der Waals surface area contributed by atoms with Gasteiger partial charge in [0.2, 0.25) is 0 Å². The average Bonchev–Trinajstić information content (AvgIpc) is 3.02. The minimum atomic E-state index is -0.521. The molecule has 1 aliphatic rings. The maximum absolute atomic E-state index is 12.1. The summed E-state index contributed by atoms with van der Waals surface area (Å²) in [5.74, 6) is 1.61. The van der Waals surface area contributed by atoms with E-state index in [0.29, 0.717) is 23.9 Å². The van der Waals surface area contributed by atoms with Gasteiger partial charge in [0.05, 0.1) is 6.61 Å². The normalized spacial score (nSPS) is 13.9. The van der Waals surface area contributed by atoms with Crippen LogP contribution in [0.5, 0.6) is 0 Å². The second kappa shape index (κ2) is 10.9. The Morgan fingerprint density at radius 2 is 1.78 bits per heavy atom. The molecule has 2 aromatic heterocycles. The van der Waals surface area contributed by atoms with Crippen molar-refractivity contribution in [2.24, 2.45) is 0 Å². The largest absolute Gasteiger partial charge is 0.464 e. The maximum atomic E-state index is 12.1. The maximum Gasteiger partial charge on any atom is 0.328 e. The molecule has 3 heterocycles. The Labute approximate surface area is 194 Å². The summed E-state index contributed by atoms with van der Waals surface area (Å²) >= 11 is 0. The predicted octanol–water partition coefficient (Wildman–Crippen LogP) is 3.93. The minimum absolute atomic E-state index is 0. The lowest BCUT2D eigenvalue weighted by Crippen LogP contribution is -2.30. The van der Waals surface area contributed by atoms with Gasteiger partial charge in [-0.1, -0.05) is 30.3 Å². The molecule has 0 aliphatic carbocycles. The van der Waals surface area contributed by atoms with E-state index in [1.807, 2.05) is 24.3 Å². The lowest BCUT2D eigenvalue weighted by molar-refractivity contribution is -0.143. The van der Waals surface area contributed by atoms with Crippen LogP contribution in [0.15, 0.2) is 54.7 Å². The molecule has 7 nitrogen and oxygen atoms in total. The molecule has 1 aliphatic heterocycles. The zero-order valence-electron chi connectivity index (χ0n) is 18.3. The van der Waals surface area contributed by atoms with Gasteiger partial charge in [-0.3, -0.25) is 4.98 Å². The van der Waals surface area contributed by atoms with Crippen LogP contribution in [0.1, 0.15) is 25.0 Å². The Balaban J connectivity index is 0.00000289. The minimum Gasteiger partial charge on any atom is -0.464 e. The summed E-state index contributed by atoms with van der Waals surface area (Å²) in [6, 6.07) is 15.6. The van der Waals surface area contributed by atoms with Gasteiger partial charge in [0.25, 0.3) is 0 Å². The number of halogens is 1. The van der Waals surface area contributed by atoms with E-state index in [4.69, 9.17) is 9.72 Å². The van der Waals surface area contributed by atoms with Crippen molar-refractivity contribution in [3.63, 3.8) is 0 Å². The number of aromatic nitrogens is 3. The van der Waals surface area contributed by atoms with Crippen LogP contribution in [0.4, 0.5) is 11.6 Å². The number of hydrogen-bond acceptors (Lipinski definition) is 7. The number of rotatable bonds is 6. The summed E-state index contributed by atoms with van der Waals surface area (Å²) < 4.78 is 5.12. The van der Waals surface area contributed by atoms with Crippen LogP contribution in [0.2, 0.25) is 0 Å². The van der Waals surface area contributed by atoms with E-state index in [2.05, 4.69) is 44.5 Å². The van der Waals surface area contributed by atoms with Gasteiger partial charge < -0.3 is 15.0 Å². The Bertz CT molecular complexity index is 1020. The zero-order chi connectivity index (χ0) is 21.6. The number of nitrogens with one attached hydrogen (secondary N) is 1. The highest BCUT2D eigenvalue weighted by atomic mass is 35.5. The quantitative estimate of drug-likeness (QED) is 0.566. The number of carbonyl (C=O) groups is 1. The molecular weight excluding hydrogens is 426 g/mol. The van der Waals surface area contributed by atoms with Crippen LogP contribution in [0.25, 0.3) is 11.5 Å². The molecule has 4 rings (SSSR count). The third-order valence-electron chi connectivity index (χ3n) is 5.36. The number of esters is 1. The smallest absolute Gasteiger partial charge is 0.328 e. The third-order valence-corrected chi connectivity index (χ3v) is 5.36.